The molecule has 0 spiro atoms. The molecule has 1 aromatic heterocycles. The number of aromatic nitrogens is 2. The summed E-state index contributed by atoms with van der Waals surface area (Å²) >= 11 is 0. The lowest BCUT2D eigenvalue weighted by Crippen LogP contribution is -2.52. The predicted octanol–water partition coefficient (Wildman–Crippen LogP) is 5.94. The molecular formula is C25H38N4. The Labute approximate surface area is 176 Å². The highest BCUT2D eigenvalue weighted by molar-refractivity contribution is 5.93. The molecule has 4 nitrogen and oxygen atoms in total. The number of aryl methyl sites for hydroxylation is 2. The number of hydrogen-bond acceptors (Lipinski definition) is 3. The summed E-state index contributed by atoms with van der Waals surface area (Å²) in [4.78, 5) is 0. The Morgan fingerprint density at radius 2 is 1.93 bits per heavy atom. The van der Waals surface area contributed by atoms with Crippen LogP contribution in [0.4, 0.5) is 0 Å². The highest BCUT2D eigenvalue weighted by atomic mass is 15.3. The molecule has 5 rings (SSSR count). The van der Waals surface area contributed by atoms with Gasteiger partial charge in [0.25, 0.3) is 0 Å². The van der Waals surface area contributed by atoms with E-state index in [4.69, 9.17) is 5.10 Å². The topological polar surface area (TPSA) is 42.5 Å². The molecule has 1 aromatic rings. The predicted molar refractivity (Wildman–Crippen MR) is 119 cm³/mol. The van der Waals surface area contributed by atoms with Gasteiger partial charge < -0.3 is 0 Å². The van der Waals surface area contributed by atoms with Crippen LogP contribution in [-0.2, 0) is 7.05 Å². The van der Waals surface area contributed by atoms with Crippen LogP contribution >= 0.6 is 0 Å². The second kappa shape index (κ2) is 7.06. The second-order valence-electron chi connectivity index (χ2n) is 11.0. The summed E-state index contributed by atoms with van der Waals surface area (Å²) in [6.07, 6.45) is 18.0. The Morgan fingerprint density at radius 3 is 2.72 bits per heavy atom. The number of fused-ring (bicyclic) bond motifs is 5. The van der Waals surface area contributed by atoms with Gasteiger partial charge in [-0.2, -0.15) is 15.3 Å². The van der Waals surface area contributed by atoms with Crippen LogP contribution in [0.15, 0.2) is 16.4 Å². The lowest BCUT2D eigenvalue weighted by molar-refractivity contribution is -0.0936. The van der Waals surface area contributed by atoms with Gasteiger partial charge in [0, 0.05) is 29.9 Å². The molecule has 29 heavy (non-hydrogen) atoms. The zero-order valence-corrected chi connectivity index (χ0v) is 18.8. The highest BCUT2D eigenvalue weighted by Crippen LogP contribution is 2.65. The van der Waals surface area contributed by atoms with Crippen LogP contribution in [-0.4, -0.2) is 21.7 Å². The maximum absolute atomic E-state index is 4.81. The lowest BCUT2D eigenvalue weighted by Gasteiger charge is -2.59. The normalized spacial score (nSPS) is 43.4. The quantitative estimate of drug-likeness (QED) is 0.452. The fraction of sp³-hybridized carbons (Fsp3) is 0.800. The smallest absolute Gasteiger partial charge is 0.0682 e. The van der Waals surface area contributed by atoms with Crippen molar-refractivity contribution in [2.24, 2.45) is 51.8 Å². The van der Waals surface area contributed by atoms with E-state index >= 15 is 0 Å². The van der Waals surface area contributed by atoms with Gasteiger partial charge in [-0.25, -0.2) is 0 Å². The first-order chi connectivity index (χ1) is 13.9. The van der Waals surface area contributed by atoms with Gasteiger partial charge in [-0.15, -0.1) is 0 Å². The summed E-state index contributed by atoms with van der Waals surface area (Å²) in [7, 11) is 1.96. The molecule has 0 N–H and O–H groups in total. The van der Waals surface area contributed by atoms with Crippen molar-refractivity contribution in [1.82, 2.24) is 9.78 Å². The van der Waals surface area contributed by atoms with Crippen LogP contribution in [0.2, 0.25) is 0 Å². The van der Waals surface area contributed by atoms with E-state index < -0.39 is 0 Å². The molecule has 0 aromatic carbocycles. The van der Waals surface area contributed by atoms with Crippen LogP contribution in [0.3, 0.4) is 0 Å². The molecule has 1 heterocycles. The van der Waals surface area contributed by atoms with Crippen LogP contribution in [0.5, 0.6) is 0 Å². The molecule has 4 saturated carbocycles. The molecule has 4 aliphatic rings. The van der Waals surface area contributed by atoms with E-state index in [0.29, 0.717) is 5.41 Å². The van der Waals surface area contributed by atoms with Crippen molar-refractivity contribution in [3.8, 4) is 0 Å². The van der Waals surface area contributed by atoms with Crippen LogP contribution < -0.4 is 0 Å². The molecule has 4 heteroatoms. The minimum atomic E-state index is 0.278. The molecule has 4 aliphatic carbocycles. The van der Waals surface area contributed by atoms with E-state index in [1.54, 1.807) is 0 Å². The minimum absolute atomic E-state index is 0.278. The maximum atomic E-state index is 4.81. The number of nitrogens with zero attached hydrogens (tertiary/aromatic N) is 4. The largest absolute Gasteiger partial charge is 0.275 e. The Kier molecular flexibility index (Phi) is 4.75. The molecule has 6 atom stereocenters. The van der Waals surface area contributed by atoms with Gasteiger partial charge in [-0.1, -0.05) is 26.7 Å². The van der Waals surface area contributed by atoms with Gasteiger partial charge in [-0.3, -0.25) is 4.68 Å². The zero-order valence-electron chi connectivity index (χ0n) is 18.8. The van der Waals surface area contributed by atoms with Crippen LogP contribution in [0.25, 0.3) is 0 Å². The Balaban J connectivity index is 1.37. The summed E-state index contributed by atoms with van der Waals surface area (Å²) < 4.78 is 1.85. The third kappa shape index (κ3) is 3.04. The monoisotopic (exact) mass is 394 g/mol. The van der Waals surface area contributed by atoms with Crippen LogP contribution in [0, 0.1) is 41.4 Å². The summed E-state index contributed by atoms with van der Waals surface area (Å²) in [5.74, 6) is 3.71. The second-order valence-corrected chi connectivity index (χ2v) is 11.0. The maximum Gasteiger partial charge on any atom is 0.0682 e. The number of hydrogen-bond donors (Lipinski definition) is 0. The van der Waals surface area contributed by atoms with Crippen molar-refractivity contribution in [3.63, 3.8) is 0 Å². The molecule has 0 radical (unpaired) electrons. The molecular weight excluding hydrogens is 356 g/mol. The van der Waals surface area contributed by atoms with Crippen molar-refractivity contribution in [2.45, 2.75) is 85.0 Å². The zero-order chi connectivity index (χ0) is 20.2. The van der Waals surface area contributed by atoms with E-state index in [9.17, 15) is 0 Å². The fourth-order valence-corrected chi connectivity index (χ4v) is 8.15. The molecule has 0 amide bonds. The minimum Gasteiger partial charge on any atom is -0.275 e. The van der Waals surface area contributed by atoms with Gasteiger partial charge in [0.15, 0.2) is 0 Å². The Hall–Kier alpha value is -1.45. The van der Waals surface area contributed by atoms with Crippen molar-refractivity contribution >= 4 is 11.9 Å². The average molecular weight is 395 g/mol. The molecule has 0 bridgehead atoms. The summed E-state index contributed by atoms with van der Waals surface area (Å²) in [6, 6.07) is 0. The van der Waals surface area contributed by atoms with Gasteiger partial charge in [-0.05, 0) is 87.4 Å². The standard InChI is InChI=1S/C25H38N4/c1-17-18(16-29(4)28-17)15-26-27-23-11-10-21-20-9-8-19-7-5-6-13-24(19,2)22(20)12-14-25(21,23)3/h15-16,19-22H,5-14H2,1-4H3/b26-15+,27-23+. The van der Waals surface area contributed by atoms with Gasteiger partial charge in [0.1, 0.15) is 0 Å². The van der Waals surface area contributed by atoms with Crippen molar-refractivity contribution in [2.75, 3.05) is 0 Å². The molecule has 158 valence electrons. The summed E-state index contributed by atoms with van der Waals surface area (Å²) in [5, 5.41) is 13.7. The third-order valence-corrected chi connectivity index (χ3v) is 9.75. The summed E-state index contributed by atoms with van der Waals surface area (Å²) in [6.45, 7) is 7.21. The van der Waals surface area contributed by atoms with Crippen molar-refractivity contribution < 1.29 is 0 Å². The Bertz CT molecular complexity index is 836. The molecule has 0 aliphatic heterocycles. The Morgan fingerprint density at radius 1 is 1.07 bits per heavy atom. The van der Waals surface area contributed by atoms with Gasteiger partial charge in [0.2, 0.25) is 0 Å². The molecule has 4 fully saturated rings. The van der Waals surface area contributed by atoms with Crippen molar-refractivity contribution in [1.29, 1.82) is 0 Å². The van der Waals surface area contributed by atoms with Gasteiger partial charge in [0.05, 0.1) is 11.9 Å². The molecule has 0 saturated heterocycles. The van der Waals surface area contributed by atoms with E-state index in [1.807, 2.05) is 31.1 Å². The van der Waals surface area contributed by atoms with E-state index in [0.717, 1.165) is 41.3 Å². The SMILES string of the molecule is Cc1nn(C)cc1/C=N/N=C1\CCC2C3CCC4CCCCC4(C)C3CCC12C. The average Bonchev–Trinajstić information content (AvgIpc) is 3.19. The molecule has 6 unspecified atom stereocenters. The fourth-order valence-electron chi connectivity index (χ4n) is 8.15. The first-order valence-electron chi connectivity index (χ1n) is 12.0. The third-order valence-electron chi connectivity index (χ3n) is 9.75. The van der Waals surface area contributed by atoms with Crippen LogP contribution in [0.1, 0.15) is 89.3 Å². The first-order valence-corrected chi connectivity index (χ1v) is 12.0. The lowest BCUT2D eigenvalue weighted by atomic mass is 9.45. The van der Waals surface area contributed by atoms with Crippen molar-refractivity contribution in [3.05, 3.63) is 17.5 Å². The summed E-state index contributed by atoms with van der Waals surface area (Å²) in [5.41, 5.74) is 4.36. The van der Waals surface area contributed by atoms with Gasteiger partial charge >= 0.3 is 0 Å². The highest BCUT2D eigenvalue weighted by Gasteiger charge is 2.58. The first kappa shape index (κ1) is 19.5. The van der Waals surface area contributed by atoms with E-state index in [-0.39, 0.29) is 5.41 Å². The van der Waals surface area contributed by atoms with E-state index in [2.05, 4.69) is 24.0 Å². The van der Waals surface area contributed by atoms with E-state index in [1.165, 1.54) is 63.5 Å². The number of rotatable bonds is 2.